The Balaban J connectivity index is 2.09. The lowest BCUT2D eigenvalue weighted by molar-refractivity contribution is 0.108. The van der Waals surface area contributed by atoms with Crippen molar-refractivity contribution in [3.63, 3.8) is 0 Å². The first kappa shape index (κ1) is 9.36. The van der Waals surface area contributed by atoms with Gasteiger partial charge in [0.15, 0.2) is 0 Å². The molecule has 0 aromatic carbocycles. The molecule has 14 heavy (non-hydrogen) atoms. The van der Waals surface area contributed by atoms with Crippen molar-refractivity contribution in [2.24, 2.45) is 5.73 Å². The summed E-state index contributed by atoms with van der Waals surface area (Å²) in [7, 11) is 1.69. The van der Waals surface area contributed by atoms with Crippen molar-refractivity contribution in [2.75, 3.05) is 25.1 Å². The van der Waals surface area contributed by atoms with E-state index in [1.54, 1.807) is 19.6 Å². The quantitative estimate of drug-likeness (QED) is 0.696. The molecular formula is C9H14N4O. The molecule has 0 spiro atoms. The minimum absolute atomic E-state index is 0.0648. The molecule has 0 amide bonds. The van der Waals surface area contributed by atoms with Crippen molar-refractivity contribution in [3.05, 3.63) is 18.6 Å². The Kier molecular flexibility index (Phi) is 2.60. The average Bonchev–Trinajstić information content (AvgIpc) is 2.61. The lowest BCUT2D eigenvalue weighted by Gasteiger charge is -2.15. The van der Waals surface area contributed by atoms with Gasteiger partial charge in [0.2, 0.25) is 0 Å². The zero-order chi connectivity index (χ0) is 9.97. The number of hydrogen-bond donors (Lipinski definition) is 1. The van der Waals surface area contributed by atoms with Crippen LogP contribution in [-0.4, -0.2) is 42.3 Å². The van der Waals surface area contributed by atoms with Gasteiger partial charge in [-0.05, 0) is 6.07 Å². The van der Waals surface area contributed by atoms with E-state index >= 15 is 0 Å². The fraction of sp³-hybridized carbons (Fsp3) is 0.556. The molecule has 1 aromatic rings. The molecule has 1 aliphatic heterocycles. The SMILES string of the molecule is COC1CN(c2ccncn2)CC1N. The smallest absolute Gasteiger partial charge is 0.132 e. The number of hydrogen-bond acceptors (Lipinski definition) is 5. The summed E-state index contributed by atoms with van der Waals surface area (Å²) >= 11 is 0. The van der Waals surface area contributed by atoms with Crippen molar-refractivity contribution in [3.8, 4) is 0 Å². The monoisotopic (exact) mass is 194 g/mol. The first-order valence-electron chi connectivity index (χ1n) is 4.60. The second-order valence-corrected chi connectivity index (χ2v) is 3.41. The molecule has 1 fully saturated rings. The summed E-state index contributed by atoms with van der Waals surface area (Å²) < 4.78 is 5.27. The Labute approximate surface area is 82.9 Å². The molecule has 1 saturated heterocycles. The standard InChI is InChI=1S/C9H14N4O/c1-14-8-5-13(4-7(8)10)9-2-3-11-6-12-9/h2-3,6-8H,4-5,10H2,1H3. The third-order valence-electron chi connectivity index (χ3n) is 2.50. The molecule has 76 valence electrons. The van der Waals surface area contributed by atoms with Crippen molar-refractivity contribution in [1.82, 2.24) is 9.97 Å². The molecule has 2 atom stereocenters. The summed E-state index contributed by atoms with van der Waals surface area (Å²) in [4.78, 5) is 10.2. The fourth-order valence-electron chi connectivity index (χ4n) is 1.71. The van der Waals surface area contributed by atoms with Crippen LogP contribution in [0.2, 0.25) is 0 Å². The van der Waals surface area contributed by atoms with Gasteiger partial charge in [0.05, 0.1) is 12.1 Å². The van der Waals surface area contributed by atoms with Gasteiger partial charge in [-0.3, -0.25) is 0 Å². The number of nitrogens with two attached hydrogens (primary N) is 1. The molecular weight excluding hydrogens is 180 g/mol. The minimum Gasteiger partial charge on any atom is -0.378 e. The average molecular weight is 194 g/mol. The summed E-state index contributed by atoms with van der Waals surface area (Å²) in [6.07, 6.45) is 3.37. The van der Waals surface area contributed by atoms with Crippen LogP contribution < -0.4 is 10.6 Å². The van der Waals surface area contributed by atoms with Crippen molar-refractivity contribution in [1.29, 1.82) is 0 Å². The summed E-state index contributed by atoms with van der Waals surface area (Å²) in [5.41, 5.74) is 5.91. The van der Waals surface area contributed by atoms with E-state index in [0.29, 0.717) is 0 Å². The van der Waals surface area contributed by atoms with Gasteiger partial charge in [-0.1, -0.05) is 0 Å². The van der Waals surface area contributed by atoms with Crippen LogP contribution in [0.15, 0.2) is 18.6 Å². The van der Waals surface area contributed by atoms with Gasteiger partial charge in [0, 0.05) is 26.4 Å². The number of methoxy groups -OCH3 is 1. The molecule has 5 nitrogen and oxygen atoms in total. The highest BCUT2D eigenvalue weighted by Crippen LogP contribution is 2.17. The van der Waals surface area contributed by atoms with E-state index in [9.17, 15) is 0 Å². The third kappa shape index (κ3) is 1.69. The molecule has 2 unspecified atom stereocenters. The Bertz CT molecular complexity index is 292. The van der Waals surface area contributed by atoms with Gasteiger partial charge in [-0.15, -0.1) is 0 Å². The van der Waals surface area contributed by atoms with Gasteiger partial charge in [-0.25, -0.2) is 9.97 Å². The first-order valence-corrected chi connectivity index (χ1v) is 4.60. The maximum absolute atomic E-state index is 5.91. The number of rotatable bonds is 2. The van der Waals surface area contributed by atoms with Gasteiger partial charge >= 0.3 is 0 Å². The van der Waals surface area contributed by atoms with Gasteiger partial charge in [-0.2, -0.15) is 0 Å². The summed E-state index contributed by atoms with van der Waals surface area (Å²) in [6.45, 7) is 1.59. The highest BCUT2D eigenvalue weighted by atomic mass is 16.5. The number of anilines is 1. The summed E-state index contributed by atoms with van der Waals surface area (Å²) in [5.74, 6) is 0.912. The number of ether oxygens (including phenoxy) is 1. The van der Waals surface area contributed by atoms with E-state index in [2.05, 4.69) is 14.9 Å². The second kappa shape index (κ2) is 3.89. The molecule has 0 saturated carbocycles. The normalized spacial score (nSPS) is 26.9. The molecule has 0 aliphatic carbocycles. The van der Waals surface area contributed by atoms with Gasteiger partial charge in [0.1, 0.15) is 12.1 Å². The topological polar surface area (TPSA) is 64.3 Å². The second-order valence-electron chi connectivity index (χ2n) is 3.41. The van der Waals surface area contributed by atoms with Crippen LogP contribution in [0.3, 0.4) is 0 Å². The Morgan fingerprint density at radius 3 is 3.00 bits per heavy atom. The van der Waals surface area contributed by atoms with Crippen LogP contribution >= 0.6 is 0 Å². The molecule has 0 radical (unpaired) electrons. The third-order valence-corrected chi connectivity index (χ3v) is 2.50. The van der Waals surface area contributed by atoms with Crippen LogP contribution in [0.5, 0.6) is 0 Å². The van der Waals surface area contributed by atoms with Crippen molar-refractivity contribution < 1.29 is 4.74 Å². The van der Waals surface area contributed by atoms with Crippen LogP contribution in [0.1, 0.15) is 0 Å². The molecule has 2 N–H and O–H groups in total. The summed E-state index contributed by atoms with van der Waals surface area (Å²) in [5, 5.41) is 0. The first-order chi connectivity index (χ1) is 6.81. The molecule has 1 aromatic heterocycles. The van der Waals surface area contributed by atoms with Gasteiger partial charge in [0.25, 0.3) is 0 Å². The predicted molar refractivity (Wildman–Crippen MR) is 53.0 cm³/mol. The fourth-order valence-corrected chi connectivity index (χ4v) is 1.71. The number of nitrogens with zero attached hydrogens (tertiary/aromatic N) is 3. The zero-order valence-corrected chi connectivity index (χ0v) is 8.13. The van der Waals surface area contributed by atoms with Gasteiger partial charge < -0.3 is 15.4 Å². The Hall–Kier alpha value is -1.20. The summed E-state index contributed by atoms with van der Waals surface area (Å²) in [6, 6.07) is 1.94. The lowest BCUT2D eigenvalue weighted by atomic mass is 10.2. The molecule has 2 rings (SSSR count). The van der Waals surface area contributed by atoms with E-state index in [0.717, 1.165) is 18.9 Å². The van der Waals surface area contributed by atoms with E-state index in [-0.39, 0.29) is 12.1 Å². The van der Waals surface area contributed by atoms with E-state index < -0.39 is 0 Å². The number of aromatic nitrogens is 2. The molecule has 1 aliphatic rings. The highest BCUT2D eigenvalue weighted by Gasteiger charge is 2.30. The van der Waals surface area contributed by atoms with E-state index in [1.165, 1.54) is 0 Å². The highest BCUT2D eigenvalue weighted by molar-refractivity contribution is 5.39. The predicted octanol–water partition coefficient (Wildman–Crippen LogP) is -0.361. The van der Waals surface area contributed by atoms with Crippen LogP contribution in [0.4, 0.5) is 5.82 Å². The molecule has 5 heteroatoms. The maximum atomic E-state index is 5.91. The maximum Gasteiger partial charge on any atom is 0.132 e. The lowest BCUT2D eigenvalue weighted by Crippen LogP contribution is -2.34. The van der Waals surface area contributed by atoms with Crippen molar-refractivity contribution >= 4 is 5.82 Å². The molecule has 0 bridgehead atoms. The minimum atomic E-state index is 0.0648. The molecule has 2 heterocycles. The van der Waals surface area contributed by atoms with Crippen LogP contribution in [0, 0.1) is 0 Å². The largest absolute Gasteiger partial charge is 0.378 e. The van der Waals surface area contributed by atoms with Crippen LogP contribution in [0.25, 0.3) is 0 Å². The Morgan fingerprint density at radius 1 is 1.57 bits per heavy atom. The van der Waals surface area contributed by atoms with E-state index in [4.69, 9.17) is 10.5 Å². The Morgan fingerprint density at radius 2 is 2.43 bits per heavy atom. The van der Waals surface area contributed by atoms with Crippen molar-refractivity contribution in [2.45, 2.75) is 12.1 Å². The van der Waals surface area contributed by atoms with Crippen LogP contribution in [-0.2, 0) is 4.74 Å². The van der Waals surface area contributed by atoms with E-state index in [1.807, 2.05) is 6.07 Å². The zero-order valence-electron chi connectivity index (χ0n) is 8.13.